The van der Waals surface area contributed by atoms with Gasteiger partial charge in [-0.05, 0) is 79.1 Å². The molecule has 8 nitrogen and oxygen atoms in total. The van der Waals surface area contributed by atoms with Crippen LogP contribution in [-0.4, -0.2) is 80.2 Å². The lowest BCUT2D eigenvalue weighted by atomic mass is 9.88. The zero-order valence-electron chi connectivity index (χ0n) is 21.9. The Kier molecular flexibility index (Phi) is 8.48. The average Bonchev–Trinajstić information content (AvgIpc) is 3.59. The number of piperidine rings is 1. The monoisotopic (exact) mass is 538 g/mol. The number of aromatic nitrogens is 1. The molecule has 3 N–H and O–H groups in total. The number of fused-ring (bicyclic) bond motifs is 1. The van der Waals surface area contributed by atoms with Crippen molar-refractivity contribution in [2.24, 2.45) is 5.73 Å². The van der Waals surface area contributed by atoms with E-state index in [9.17, 15) is 13.2 Å². The third-order valence-electron chi connectivity index (χ3n) is 7.90. The topological polar surface area (TPSA) is 109 Å². The van der Waals surface area contributed by atoms with E-state index in [-0.39, 0.29) is 30.6 Å². The number of rotatable bonds is 11. The molecule has 5 rings (SSSR count). The Morgan fingerprint density at radius 2 is 1.74 bits per heavy atom. The predicted octanol–water partition coefficient (Wildman–Crippen LogP) is 3.48. The molecule has 0 unspecified atom stereocenters. The molecule has 2 saturated heterocycles. The second-order valence-electron chi connectivity index (χ2n) is 10.5. The Labute approximate surface area is 225 Å². The summed E-state index contributed by atoms with van der Waals surface area (Å²) in [4.78, 5) is 17.5. The summed E-state index contributed by atoms with van der Waals surface area (Å²) in [5, 5.41) is 1.08. The molecule has 0 aliphatic carbocycles. The van der Waals surface area contributed by atoms with Gasteiger partial charge in [0.1, 0.15) is 0 Å². The summed E-state index contributed by atoms with van der Waals surface area (Å²) in [7, 11) is -3.34. The van der Waals surface area contributed by atoms with Crippen molar-refractivity contribution in [2.45, 2.75) is 38.0 Å². The van der Waals surface area contributed by atoms with Gasteiger partial charge in [0.05, 0.1) is 25.4 Å². The van der Waals surface area contributed by atoms with Crippen molar-refractivity contribution in [3.8, 4) is 11.1 Å². The maximum Gasteiger partial charge on any atom is 0.221 e. The Morgan fingerprint density at radius 1 is 1.00 bits per heavy atom. The normalized spacial score (nSPS) is 17.9. The highest BCUT2D eigenvalue weighted by Crippen LogP contribution is 2.37. The first-order valence-corrected chi connectivity index (χ1v) is 15.3. The molecule has 0 radical (unpaired) electrons. The van der Waals surface area contributed by atoms with Crippen LogP contribution in [0.1, 0.15) is 42.7 Å². The Balaban J connectivity index is 1.24. The van der Waals surface area contributed by atoms with Gasteiger partial charge in [0.2, 0.25) is 15.9 Å². The number of primary amides is 1. The van der Waals surface area contributed by atoms with Crippen molar-refractivity contribution in [1.29, 1.82) is 0 Å². The van der Waals surface area contributed by atoms with E-state index in [0.717, 1.165) is 60.1 Å². The van der Waals surface area contributed by atoms with Crippen LogP contribution in [-0.2, 0) is 26.0 Å². The fraction of sp³-hybridized carbons (Fsp3) is 0.483. The molecule has 1 amide bonds. The van der Waals surface area contributed by atoms with Gasteiger partial charge in [-0.2, -0.15) is 0 Å². The van der Waals surface area contributed by atoms with Crippen LogP contribution in [0.3, 0.4) is 0 Å². The Morgan fingerprint density at radius 3 is 2.45 bits per heavy atom. The summed E-state index contributed by atoms with van der Waals surface area (Å²) in [6.45, 7) is 4.94. The first-order chi connectivity index (χ1) is 18.4. The van der Waals surface area contributed by atoms with Crippen LogP contribution in [0.5, 0.6) is 0 Å². The molecular formula is C29H38N4O4S. The lowest BCUT2D eigenvalue weighted by Gasteiger charge is -2.31. The second kappa shape index (κ2) is 12.0. The lowest BCUT2D eigenvalue weighted by molar-refractivity contribution is -0.117. The average molecular weight is 539 g/mol. The van der Waals surface area contributed by atoms with E-state index < -0.39 is 10.0 Å². The number of hydrogen-bond acceptors (Lipinski definition) is 5. The van der Waals surface area contributed by atoms with Gasteiger partial charge in [-0.3, -0.25) is 4.79 Å². The van der Waals surface area contributed by atoms with Gasteiger partial charge in [-0.15, -0.1) is 0 Å². The molecule has 2 aromatic carbocycles. The smallest absolute Gasteiger partial charge is 0.221 e. The summed E-state index contributed by atoms with van der Waals surface area (Å²) in [6, 6.07) is 14.3. The summed E-state index contributed by atoms with van der Waals surface area (Å²) in [5.74, 6) is -0.104. The van der Waals surface area contributed by atoms with Crippen molar-refractivity contribution in [1.82, 2.24) is 14.2 Å². The number of ether oxygens (including phenoxy) is 1. The van der Waals surface area contributed by atoms with E-state index in [1.165, 1.54) is 18.4 Å². The number of aromatic amines is 1. The van der Waals surface area contributed by atoms with Crippen molar-refractivity contribution >= 4 is 26.8 Å². The molecule has 2 fully saturated rings. The van der Waals surface area contributed by atoms with Crippen LogP contribution >= 0.6 is 0 Å². The van der Waals surface area contributed by atoms with E-state index in [1.54, 1.807) is 4.31 Å². The van der Waals surface area contributed by atoms with Gasteiger partial charge in [0, 0.05) is 36.7 Å². The molecule has 0 spiro atoms. The van der Waals surface area contributed by atoms with Crippen LogP contribution in [0.25, 0.3) is 22.0 Å². The van der Waals surface area contributed by atoms with Gasteiger partial charge in [-0.25, -0.2) is 12.7 Å². The van der Waals surface area contributed by atoms with Crippen LogP contribution in [0.4, 0.5) is 0 Å². The van der Waals surface area contributed by atoms with E-state index >= 15 is 0 Å². The molecule has 0 bridgehead atoms. The first-order valence-electron chi connectivity index (χ1n) is 13.7. The molecule has 9 heteroatoms. The molecule has 38 heavy (non-hydrogen) atoms. The molecule has 3 heterocycles. The van der Waals surface area contributed by atoms with Crippen LogP contribution in [0.15, 0.2) is 48.7 Å². The predicted molar refractivity (Wildman–Crippen MR) is 150 cm³/mol. The van der Waals surface area contributed by atoms with E-state index in [4.69, 9.17) is 10.5 Å². The molecule has 0 atom stereocenters. The summed E-state index contributed by atoms with van der Waals surface area (Å²) < 4.78 is 33.2. The van der Waals surface area contributed by atoms with E-state index in [0.29, 0.717) is 19.7 Å². The van der Waals surface area contributed by atoms with Crippen LogP contribution < -0.4 is 5.73 Å². The van der Waals surface area contributed by atoms with Crippen molar-refractivity contribution in [2.75, 3.05) is 51.7 Å². The van der Waals surface area contributed by atoms with Gasteiger partial charge >= 0.3 is 0 Å². The van der Waals surface area contributed by atoms with E-state index in [1.807, 2.05) is 30.5 Å². The first kappa shape index (κ1) is 26.9. The molecule has 2 aliphatic rings. The maximum atomic E-state index is 12.9. The fourth-order valence-electron chi connectivity index (χ4n) is 5.83. The highest BCUT2D eigenvalue weighted by Gasteiger charge is 2.30. The van der Waals surface area contributed by atoms with Crippen molar-refractivity contribution in [3.05, 3.63) is 59.8 Å². The van der Waals surface area contributed by atoms with Gasteiger partial charge in [0.25, 0.3) is 0 Å². The largest absolute Gasteiger partial charge is 0.379 e. The summed E-state index contributed by atoms with van der Waals surface area (Å²) >= 11 is 0. The number of amides is 1. The summed E-state index contributed by atoms with van der Waals surface area (Å²) in [5.41, 5.74) is 10.7. The molecule has 0 saturated carbocycles. The zero-order valence-corrected chi connectivity index (χ0v) is 22.7. The number of nitrogens with one attached hydrogen (secondary N) is 1. The third kappa shape index (κ3) is 6.29. The van der Waals surface area contributed by atoms with Gasteiger partial charge in [-0.1, -0.05) is 30.3 Å². The number of likely N-dealkylation sites (tertiary alicyclic amines) is 1. The fourth-order valence-corrected chi connectivity index (χ4v) is 7.18. The molecule has 1 aromatic heterocycles. The highest BCUT2D eigenvalue weighted by atomic mass is 32.2. The number of carbonyl (C=O) groups is 1. The van der Waals surface area contributed by atoms with Crippen molar-refractivity contribution < 1.29 is 17.9 Å². The summed E-state index contributed by atoms with van der Waals surface area (Å²) in [6.07, 6.45) is 6.17. The molecule has 2 aliphatic heterocycles. The highest BCUT2D eigenvalue weighted by molar-refractivity contribution is 7.89. The molecule has 3 aromatic rings. The number of nitrogens with zero attached hydrogens (tertiary/aromatic N) is 2. The van der Waals surface area contributed by atoms with E-state index in [2.05, 4.69) is 28.1 Å². The van der Waals surface area contributed by atoms with Gasteiger partial charge < -0.3 is 20.4 Å². The maximum absolute atomic E-state index is 12.9. The zero-order chi connectivity index (χ0) is 26.5. The minimum atomic E-state index is -3.34. The Bertz CT molecular complexity index is 1340. The standard InChI is InChI=1S/C29H38N4O4S/c30-28(34)20-25-18-24(22-6-2-1-3-7-22)19-26-27(21-31-29(25)26)23-8-12-33(13-9-23)38(35,36)17-16-37-15-14-32-10-4-5-11-32/h1-3,6-7,18-19,21,23,31H,4-5,8-17,20H2,(H2,30,34). The van der Waals surface area contributed by atoms with Crippen LogP contribution in [0, 0.1) is 0 Å². The SMILES string of the molecule is NC(=O)Cc1cc(-c2ccccc2)cc2c(C3CCN(S(=O)(=O)CCOCCN4CCCC4)CC3)c[nH]c12. The van der Waals surface area contributed by atoms with Gasteiger partial charge in [0.15, 0.2) is 0 Å². The van der Waals surface area contributed by atoms with Crippen LogP contribution in [0.2, 0.25) is 0 Å². The number of H-pyrrole nitrogens is 1. The lowest BCUT2D eigenvalue weighted by Crippen LogP contribution is -2.40. The molecular weight excluding hydrogens is 500 g/mol. The minimum absolute atomic E-state index is 0.0294. The Hall–Kier alpha value is -2.72. The second-order valence-corrected chi connectivity index (χ2v) is 12.5. The minimum Gasteiger partial charge on any atom is -0.379 e. The number of benzene rings is 2. The third-order valence-corrected chi connectivity index (χ3v) is 9.73. The number of nitrogens with two attached hydrogens (primary N) is 1. The number of sulfonamides is 1. The quantitative estimate of drug-likeness (QED) is 0.364. The molecule has 204 valence electrons. The van der Waals surface area contributed by atoms with Crippen molar-refractivity contribution in [3.63, 3.8) is 0 Å². The number of hydrogen-bond donors (Lipinski definition) is 2. The number of carbonyl (C=O) groups excluding carboxylic acids is 1.